The third-order valence-electron chi connectivity index (χ3n) is 3.76. The van der Waals surface area contributed by atoms with Crippen molar-refractivity contribution in [2.45, 2.75) is 6.10 Å². The van der Waals surface area contributed by atoms with Crippen LogP contribution < -0.4 is 15.0 Å². The fourth-order valence-corrected chi connectivity index (χ4v) is 2.85. The number of halogens is 1. The van der Waals surface area contributed by atoms with Crippen LogP contribution in [0.5, 0.6) is 5.75 Å². The quantitative estimate of drug-likeness (QED) is 0.822. The second-order valence-electron chi connectivity index (χ2n) is 5.32. The Kier molecular flexibility index (Phi) is 6.11. The van der Waals surface area contributed by atoms with Crippen molar-refractivity contribution in [1.82, 2.24) is 10.2 Å². The van der Waals surface area contributed by atoms with Gasteiger partial charge in [-0.05, 0) is 25.2 Å². The molecular weight excluding hydrogens is 290 g/mol. The molecule has 1 atom stereocenters. The summed E-state index contributed by atoms with van der Waals surface area (Å²) in [5.41, 5.74) is 1.04. The van der Waals surface area contributed by atoms with E-state index in [-0.39, 0.29) is 6.10 Å². The summed E-state index contributed by atoms with van der Waals surface area (Å²) in [7, 11) is 3.53. The van der Waals surface area contributed by atoms with E-state index in [0.29, 0.717) is 13.1 Å². The Hall–Kier alpha value is -1.01. The lowest BCUT2D eigenvalue weighted by Crippen LogP contribution is -2.49. The van der Waals surface area contributed by atoms with E-state index in [2.05, 4.69) is 15.1 Å². The zero-order valence-electron chi connectivity index (χ0n) is 12.7. The second kappa shape index (κ2) is 7.84. The Balaban J connectivity index is 1.93. The van der Waals surface area contributed by atoms with E-state index in [0.717, 1.165) is 42.6 Å². The first kappa shape index (κ1) is 16.4. The van der Waals surface area contributed by atoms with Gasteiger partial charge in [-0.3, -0.25) is 4.90 Å². The van der Waals surface area contributed by atoms with Gasteiger partial charge in [0.1, 0.15) is 5.75 Å². The van der Waals surface area contributed by atoms with Gasteiger partial charge in [-0.2, -0.15) is 0 Å². The summed E-state index contributed by atoms with van der Waals surface area (Å²) in [4.78, 5) is 4.57. The molecule has 1 aromatic carbocycles. The lowest BCUT2D eigenvalue weighted by atomic mass is 10.2. The van der Waals surface area contributed by atoms with E-state index in [9.17, 15) is 5.11 Å². The van der Waals surface area contributed by atoms with Crippen molar-refractivity contribution in [3.05, 3.63) is 23.2 Å². The van der Waals surface area contributed by atoms with Crippen LogP contribution >= 0.6 is 11.6 Å². The SMILES string of the molecule is CNCC(O)CN1CCN(c2cc(Cl)ccc2OC)CC1. The lowest BCUT2D eigenvalue weighted by molar-refractivity contribution is 0.109. The summed E-state index contributed by atoms with van der Waals surface area (Å²) in [6, 6.07) is 5.70. The van der Waals surface area contributed by atoms with Crippen LogP contribution in [0, 0.1) is 0 Å². The van der Waals surface area contributed by atoms with Crippen LogP contribution in [0.2, 0.25) is 5.02 Å². The molecule has 0 amide bonds. The number of likely N-dealkylation sites (N-methyl/N-ethyl adjacent to an activating group) is 1. The number of hydrogen-bond acceptors (Lipinski definition) is 5. The number of methoxy groups -OCH3 is 1. The van der Waals surface area contributed by atoms with Gasteiger partial charge >= 0.3 is 0 Å². The van der Waals surface area contributed by atoms with Crippen LogP contribution in [0.1, 0.15) is 0 Å². The van der Waals surface area contributed by atoms with Crippen molar-refractivity contribution in [2.24, 2.45) is 0 Å². The van der Waals surface area contributed by atoms with Gasteiger partial charge in [0.25, 0.3) is 0 Å². The minimum Gasteiger partial charge on any atom is -0.495 e. The summed E-state index contributed by atoms with van der Waals surface area (Å²) >= 11 is 6.09. The van der Waals surface area contributed by atoms with Crippen LogP contribution in [0.4, 0.5) is 5.69 Å². The molecule has 5 nitrogen and oxygen atoms in total. The lowest BCUT2D eigenvalue weighted by Gasteiger charge is -2.37. The Labute approximate surface area is 131 Å². The molecule has 6 heteroatoms. The van der Waals surface area contributed by atoms with E-state index in [4.69, 9.17) is 16.3 Å². The molecule has 1 saturated heterocycles. The molecule has 118 valence electrons. The Bertz CT molecular complexity index is 451. The summed E-state index contributed by atoms with van der Waals surface area (Å²) < 4.78 is 5.41. The molecule has 0 aliphatic carbocycles. The van der Waals surface area contributed by atoms with Crippen molar-refractivity contribution < 1.29 is 9.84 Å². The van der Waals surface area contributed by atoms with Crippen LogP contribution in [0.3, 0.4) is 0 Å². The van der Waals surface area contributed by atoms with Gasteiger partial charge in [-0.15, -0.1) is 0 Å². The van der Waals surface area contributed by atoms with E-state index in [1.165, 1.54) is 0 Å². The highest BCUT2D eigenvalue weighted by Gasteiger charge is 2.21. The molecule has 1 aliphatic heterocycles. The maximum atomic E-state index is 9.85. The monoisotopic (exact) mass is 313 g/mol. The maximum absolute atomic E-state index is 9.85. The number of piperazine rings is 1. The van der Waals surface area contributed by atoms with Gasteiger partial charge in [0.15, 0.2) is 0 Å². The Morgan fingerprint density at radius 3 is 2.67 bits per heavy atom. The standard InChI is InChI=1S/C15H24ClN3O2/c1-17-10-13(20)11-18-5-7-19(8-6-18)14-9-12(16)3-4-15(14)21-2/h3-4,9,13,17,20H,5-8,10-11H2,1-2H3. The zero-order valence-corrected chi connectivity index (χ0v) is 13.4. The number of hydrogen-bond donors (Lipinski definition) is 2. The van der Waals surface area contributed by atoms with E-state index in [1.54, 1.807) is 7.11 Å². The molecule has 2 rings (SSSR count). The van der Waals surface area contributed by atoms with Crippen LogP contribution in [-0.2, 0) is 0 Å². The Morgan fingerprint density at radius 2 is 2.05 bits per heavy atom. The number of benzene rings is 1. The maximum Gasteiger partial charge on any atom is 0.142 e. The van der Waals surface area contributed by atoms with Gasteiger partial charge in [0, 0.05) is 44.3 Å². The average Bonchev–Trinajstić information content (AvgIpc) is 2.48. The number of ether oxygens (including phenoxy) is 1. The molecule has 2 N–H and O–H groups in total. The Morgan fingerprint density at radius 1 is 1.33 bits per heavy atom. The molecular formula is C15H24ClN3O2. The van der Waals surface area contributed by atoms with E-state index in [1.807, 2.05) is 25.2 Å². The minimum absolute atomic E-state index is 0.317. The highest BCUT2D eigenvalue weighted by atomic mass is 35.5. The normalized spacial score (nSPS) is 17.8. The molecule has 1 heterocycles. The molecule has 0 saturated carbocycles. The van der Waals surface area contributed by atoms with Gasteiger partial charge in [-0.25, -0.2) is 0 Å². The topological polar surface area (TPSA) is 48.0 Å². The predicted molar refractivity (Wildman–Crippen MR) is 86.6 cm³/mol. The molecule has 21 heavy (non-hydrogen) atoms. The number of aliphatic hydroxyl groups excluding tert-OH is 1. The fraction of sp³-hybridized carbons (Fsp3) is 0.600. The number of nitrogens with zero attached hydrogens (tertiary/aromatic N) is 2. The minimum atomic E-state index is -0.317. The molecule has 1 aromatic rings. The van der Waals surface area contributed by atoms with Gasteiger partial charge in [0.05, 0.1) is 18.9 Å². The smallest absolute Gasteiger partial charge is 0.142 e. The highest BCUT2D eigenvalue weighted by molar-refractivity contribution is 6.30. The largest absolute Gasteiger partial charge is 0.495 e. The highest BCUT2D eigenvalue weighted by Crippen LogP contribution is 2.31. The molecule has 1 aliphatic rings. The van der Waals surface area contributed by atoms with E-state index < -0.39 is 0 Å². The first-order chi connectivity index (χ1) is 10.1. The molecule has 0 aromatic heterocycles. The zero-order chi connectivity index (χ0) is 15.2. The summed E-state index contributed by atoms with van der Waals surface area (Å²) in [6.45, 7) is 5.00. The molecule has 0 radical (unpaired) electrons. The summed E-state index contributed by atoms with van der Waals surface area (Å²) in [5.74, 6) is 0.850. The number of β-amino-alcohol motifs (C(OH)–C–C–N with tert-alkyl or cyclic N) is 1. The van der Waals surface area contributed by atoms with Gasteiger partial charge in [-0.1, -0.05) is 11.6 Å². The van der Waals surface area contributed by atoms with Crippen molar-refractivity contribution in [1.29, 1.82) is 0 Å². The van der Waals surface area contributed by atoms with Crippen LogP contribution in [0.25, 0.3) is 0 Å². The van der Waals surface area contributed by atoms with E-state index >= 15 is 0 Å². The summed E-state index contributed by atoms with van der Waals surface area (Å²) in [6.07, 6.45) is -0.317. The van der Waals surface area contributed by atoms with Crippen LogP contribution in [0.15, 0.2) is 18.2 Å². The van der Waals surface area contributed by atoms with Crippen LogP contribution in [-0.4, -0.2) is 69.5 Å². The molecule has 1 fully saturated rings. The number of nitrogens with one attached hydrogen (secondary N) is 1. The molecule has 0 spiro atoms. The first-order valence-electron chi connectivity index (χ1n) is 7.27. The summed E-state index contributed by atoms with van der Waals surface area (Å²) in [5, 5.41) is 13.6. The van der Waals surface area contributed by atoms with Crippen molar-refractivity contribution >= 4 is 17.3 Å². The molecule has 1 unspecified atom stereocenters. The van der Waals surface area contributed by atoms with Crippen molar-refractivity contribution in [3.8, 4) is 5.75 Å². The van der Waals surface area contributed by atoms with Gasteiger partial charge in [0.2, 0.25) is 0 Å². The number of anilines is 1. The molecule has 0 bridgehead atoms. The first-order valence-corrected chi connectivity index (χ1v) is 7.65. The van der Waals surface area contributed by atoms with Gasteiger partial charge < -0.3 is 20.1 Å². The van der Waals surface area contributed by atoms with Crippen molar-refractivity contribution in [3.63, 3.8) is 0 Å². The average molecular weight is 314 g/mol. The predicted octanol–water partition coefficient (Wildman–Crippen LogP) is 1.05. The number of rotatable bonds is 6. The van der Waals surface area contributed by atoms with Crippen molar-refractivity contribution in [2.75, 3.05) is 58.3 Å². The fourth-order valence-electron chi connectivity index (χ4n) is 2.68. The second-order valence-corrected chi connectivity index (χ2v) is 5.75. The third-order valence-corrected chi connectivity index (χ3v) is 4.00. The number of aliphatic hydroxyl groups is 1. The third kappa shape index (κ3) is 4.48.